The van der Waals surface area contributed by atoms with Crippen molar-refractivity contribution in [3.63, 3.8) is 0 Å². The highest BCUT2D eigenvalue weighted by molar-refractivity contribution is 7.88. The van der Waals surface area contributed by atoms with Crippen LogP contribution in [-0.2, 0) is 23.0 Å². The Morgan fingerprint density at radius 3 is 2.89 bits per heavy atom. The molecule has 7 nitrogen and oxygen atoms in total. The maximum atomic E-state index is 11.8. The summed E-state index contributed by atoms with van der Waals surface area (Å²) in [6.45, 7) is 2.86. The normalized spacial score (nSPS) is 16.1. The van der Waals surface area contributed by atoms with Crippen LogP contribution in [0.4, 0.5) is 5.69 Å². The first-order chi connectivity index (χ1) is 12.9. The highest BCUT2D eigenvalue weighted by atomic mass is 32.2. The van der Waals surface area contributed by atoms with Crippen molar-refractivity contribution in [1.82, 2.24) is 14.4 Å². The van der Waals surface area contributed by atoms with Crippen molar-refractivity contribution < 1.29 is 12.9 Å². The Morgan fingerprint density at radius 2 is 2.15 bits per heavy atom. The lowest BCUT2D eigenvalue weighted by atomic mass is 9.98. The topological polar surface area (TPSA) is 88.3 Å². The SMILES string of the molecule is CC(Nc1cccc2c1CCN(S(C)(=O)=O)C2)c1nc(-c2cccs2)no1. The summed E-state index contributed by atoms with van der Waals surface area (Å²) >= 11 is 1.57. The summed E-state index contributed by atoms with van der Waals surface area (Å²) in [6.07, 6.45) is 1.92. The van der Waals surface area contributed by atoms with Crippen LogP contribution in [0, 0.1) is 0 Å². The van der Waals surface area contributed by atoms with Gasteiger partial charge >= 0.3 is 0 Å². The molecule has 0 fully saturated rings. The van der Waals surface area contributed by atoms with Crippen LogP contribution >= 0.6 is 11.3 Å². The van der Waals surface area contributed by atoms with Crippen LogP contribution in [0.5, 0.6) is 0 Å². The van der Waals surface area contributed by atoms with E-state index in [1.807, 2.05) is 42.6 Å². The molecule has 27 heavy (non-hydrogen) atoms. The number of aromatic nitrogens is 2. The third kappa shape index (κ3) is 3.76. The van der Waals surface area contributed by atoms with Gasteiger partial charge < -0.3 is 9.84 Å². The number of sulfonamides is 1. The number of hydrogen-bond acceptors (Lipinski definition) is 7. The van der Waals surface area contributed by atoms with Gasteiger partial charge in [-0.15, -0.1) is 11.3 Å². The fourth-order valence-corrected chi connectivity index (χ4v) is 4.66. The smallest absolute Gasteiger partial charge is 0.249 e. The predicted octanol–water partition coefficient (Wildman–Crippen LogP) is 3.29. The number of nitrogens with one attached hydrogen (secondary N) is 1. The number of benzene rings is 1. The summed E-state index contributed by atoms with van der Waals surface area (Å²) < 4.78 is 30.6. The average molecular weight is 405 g/mol. The molecular formula is C18H20N4O3S2. The summed E-state index contributed by atoms with van der Waals surface area (Å²) in [7, 11) is -3.19. The van der Waals surface area contributed by atoms with E-state index in [1.165, 1.54) is 10.6 Å². The maximum absolute atomic E-state index is 11.8. The molecule has 3 aromatic rings. The molecule has 0 spiro atoms. The second-order valence-electron chi connectivity index (χ2n) is 6.59. The van der Waals surface area contributed by atoms with E-state index in [9.17, 15) is 8.42 Å². The van der Waals surface area contributed by atoms with Crippen molar-refractivity contribution in [2.45, 2.75) is 25.9 Å². The molecule has 1 aromatic carbocycles. The zero-order chi connectivity index (χ0) is 19.0. The predicted molar refractivity (Wildman–Crippen MR) is 105 cm³/mol. The minimum atomic E-state index is -3.19. The molecule has 0 radical (unpaired) electrons. The van der Waals surface area contributed by atoms with Crippen molar-refractivity contribution in [3.8, 4) is 10.7 Å². The molecule has 0 aliphatic carbocycles. The van der Waals surface area contributed by atoms with Gasteiger partial charge in [-0.1, -0.05) is 23.4 Å². The van der Waals surface area contributed by atoms with Crippen LogP contribution in [0.3, 0.4) is 0 Å². The third-order valence-corrected chi connectivity index (χ3v) is 6.74. The van der Waals surface area contributed by atoms with Crippen LogP contribution in [-0.4, -0.2) is 35.7 Å². The summed E-state index contributed by atoms with van der Waals surface area (Å²) in [5.74, 6) is 1.11. The first-order valence-electron chi connectivity index (χ1n) is 8.62. The standard InChI is InChI=1S/C18H20N4O3S2/c1-12(18-20-17(21-25-18)16-7-4-10-26-16)19-15-6-3-5-13-11-22(27(2,23)24)9-8-14(13)15/h3-7,10,12,19H,8-9,11H2,1-2H3. The van der Waals surface area contributed by atoms with Gasteiger partial charge in [-0.25, -0.2) is 8.42 Å². The van der Waals surface area contributed by atoms with E-state index in [1.54, 1.807) is 11.3 Å². The van der Waals surface area contributed by atoms with Gasteiger partial charge in [0, 0.05) is 18.8 Å². The van der Waals surface area contributed by atoms with Crippen molar-refractivity contribution in [2.24, 2.45) is 0 Å². The van der Waals surface area contributed by atoms with Crippen LogP contribution in [0.25, 0.3) is 10.7 Å². The van der Waals surface area contributed by atoms with Crippen LogP contribution in [0.15, 0.2) is 40.2 Å². The number of thiophene rings is 1. The highest BCUT2D eigenvalue weighted by Gasteiger charge is 2.25. The van der Waals surface area contributed by atoms with E-state index in [-0.39, 0.29) is 6.04 Å². The van der Waals surface area contributed by atoms with Crippen molar-refractivity contribution in [3.05, 3.63) is 52.7 Å². The van der Waals surface area contributed by atoms with Gasteiger partial charge in [-0.2, -0.15) is 9.29 Å². The molecule has 9 heteroatoms. The van der Waals surface area contributed by atoms with Gasteiger partial charge in [0.1, 0.15) is 6.04 Å². The quantitative estimate of drug-likeness (QED) is 0.702. The second-order valence-corrected chi connectivity index (χ2v) is 9.52. The minimum Gasteiger partial charge on any atom is -0.374 e. The number of fused-ring (bicyclic) bond motifs is 1. The van der Waals surface area contributed by atoms with Gasteiger partial charge in [0.25, 0.3) is 0 Å². The van der Waals surface area contributed by atoms with E-state index >= 15 is 0 Å². The third-order valence-electron chi connectivity index (χ3n) is 4.63. The Hall–Kier alpha value is -2.23. The van der Waals surface area contributed by atoms with Crippen LogP contribution < -0.4 is 5.32 Å². The Balaban J connectivity index is 1.54. The van der Waals surface area contributed by atoms with Gasteiger partial charge in [-0.05, 0) is 42.0 Å². The minimum absolute atomic E-state index is 0.161. The molecule has 0 bridgehead atoms. The molecule has 4 rings (SSSR count). The zero-order valence-electron chi connectivity index (χ0n) is 15.0. The summed E-state index contributed by atoms with van der Waals surface area (Å²) in [5.41, 5.74) is 3.14. The molecule has 1 atom stereocenters. The van der Waals surface area contributed by atoms with Crippen molar-refractivity contribution in [2.75, 3.05) is 18.1 Å². The van der Waals surface area contributed by atoms with Gasteiger partial charge in [0.15, 0.2) is 0 Å². The molecule has 1 unspecified atom stereocenters. The van der Waals surface area contributed by atoms with Gasteiger partial charge in [-0.3, -0.25) is 0 Å². The van der Waals surface area contributed by atoms with Crippen molar-refractivity contribution in [1.29, 1.82) is 0 Å². The molecule has 142 valence electrons. The molecule has 1 N–H and O–H groups in total. The Kier molecular flexibility index (Phi) is 4.75. The zero-order valence-corrected chi connectivity index (χ0v) is 16.7. The Bertz CT molecular complexity index is 1040. The van der Waals surface area contributed by atoms with E-state index in [0.717, 1.165) is 21.7 Å². The second kappa shape index (κ2) is 7.06. The van der Waals surface area contributed by atoms with Crippen LogP contribution in [0.2, 0.25) is 0 Å². The lowest BCUT2D eigenvalue weighted by Crippen LogP contribution is -2.35. The molecule has 3 heterocycles. The van der Waals surface area contributed by atoms with Crippen molar-refractivity contribution >= 4 is 27.0 Å². The lowest BCUT2D eigenvalue weighted by molar-refractivity contribution is 0.367. The summed E-state index contributed by atoms with van der Waals surface area (Å²) in [6, 6.07) is 9.66. The number of rotatable bonds is 5. The molecule has 0 amide bonds. The summed E-state index contributed by atoms with van der Waals surface area (Å²) in [4.78, 5) is 5.46. The molecule has 0 saturated carbocycles. The monoisotopic (exact) mass is 404 g/mol. The van der Waals surface area contributed by atoms with Gasteiger partial charge in [0.2, 0.25) is 21.7 Å². The first kappa shape index (κ1) is 18.1. The fourth-order valence-electron chi connectivity index (χ4n) is 3.21. The molecule has 1 aliphatic heterocycles. The van der Waals surface area contributed by atoms with E-state index in [0.29, 0.717) is 31.2 Å². The molecule has 0 saturated heterocycles. The number of nitrogens with zero attached hydrogens (tertiary/aromatic N) is 3. The highest BCUT2D eigenvalue weighted by Crippen LogP contribution is 2.30. The van der Waals surface area contributed by atoms with E-state index < -0.39 is 10.0 Å². The number of hydrogen-bond donors (Lipinski definition) is 1. The molecule has 2 aromatic heterocycles. The Morgan fingerprint density at radius 1 is 1.30 bits per heavy atom. The Labute approximate surface area is 162 Å². The summed E-state index contributed by atoms with van der Waals surface area (Å²) in [5, 5.41) is 9.47. The molecule has 1 aliphatic rings. The lowest BCUT2D eigenvalue weighted by Gasteiger charge is -2.29. The van der Waals surface area contributed by atoms with E-state index in [4.69, 9.17) is 4.52 Å². The number of anilines is 1. The first-order valence-corrected chi connectivity index (χ1v) is 11.3. The largest absolute Gasteiger partial charge is 0.374 e. The van der Waals surface area contributed by atoms with Gasteiger partial charge in [0.05, 0.1) is 11.1 Å². The van der Waals surface area contributed by atoms with E-state index in [2.05, 4.69) is 15.5 Å². The average Bonchev–Trinajstić information content (AvgIpc) is 3.32. The maximum Gasteiger partial charge on any atom is 0.249 e. The van der Waals surface area contributed by atoms with Crippen LogP contribution in [0.1, 0.15) is 30.0 Å². The fraction of sp³-hybridized carbons (Fsp3) is 0.333. The molecular weight excluding hydrogens is 384 g/mol.